The first-order valence-electron chi connectivity index (χ1n) is 10.4. The Labute approximate surface area is 186 Å². The monoisotopic (exact) mass is 438 g/mol. The summed E-state index contributed by atoms with van der Waals surface area (Å²) < 4.78 is 10.8. The van der Waals surface area contributed by atoms with Crippen molar-refractivity contribution < 1.29 is 23.9 Å². The quantitative estimate of drug-likeness (QED) is 0.728. The van der Waals surface area contributed by atoms with Crippen LogP contribution in [-0.2, 0) is 9.59 Å². The summed E-state index contributed by atoms with van der Waals surface area (Å²) >= 11 is 0. The molecule has 2 aliphatic rings. The highest BCUT2D eigenvalue weighted by Crippen LogP contribution is 2.36. The molecule has 0 bridgehead atoms. The third-order valence-corrected chi connectivity index (χ3v) is 5.85. The number of rotatable bonds is 5. The first-order valence-corrected chi connectivity index (χ1v) is 10.4. The van der Waals surface area contributed by atoms with E-state index in [1.807, 2.05) is 18.2 Å². The van der Waals surface area contributed by atoms with Crippen LogP contribution in [0.5, 0.6) is 11.5 Å². The van der Waals surface area contributed by atoms with Crippen LogP contribution in [0.25, 0.3) is 11.1 Å². The molecule has 2 aromatic carbocycles. The summed E-state index contributed by atoms with van der Waals surface area (Å²) in [4.78, 5) is 41.8. The standard InChI is InChI=1S/C23H26N4O5/c1-24-12-21(28)26-8-9-27-19(13-26)22(29)25-18-7-4-14(10-17(18)23(27)30)16-6-5-15(31-2)11-20(16)32-3/h4-7,10-11,19,24H,8-9,12-13H2,1-3H3,(H,25,29)/t19-/m1/s1. The van der Waals surface area contributed by atoms with E-state index in [1.54, 1.807) is 49.3 Å². The maximum atomic E-state index is 13.4. The average molecular weight is 438 g/mol. The number of methoxy groups -OCH3 is 2. The van der Waals surface area contributed by atoms with Gasteiger partial charge in [0.15, 0.2) is 0 Å². The number of benzene rings is 2. The molecule has 0 spiro atoms. The van der Waals surface area contributed by atoms with Crippen molar-refractivity contribution in [2.45, 2.75) is 6.04 Å². The molecule has 0 aliphatic carbocycles. The van der Waals surface area contributed by atoms with Crippen LogP contribution in [0.4, 0.5) is 5.69 Å². The fraction of sp³-hybridized carbons (Fsp3) is 0.348. The summed E-state index contributed by atoms with van der Waals surface area (Å²) in [5.41, 5.74) is 2.45. The van der Waals surface area contributed by atoms with Gasteiger partial charge in [-0.1, -0.05) is 6.07 Å². The second kappa shape index (κ2) is 8.88. The molecule has 1 saturated heterocycles. The summed E-state index contributed by atoms with van der Waals surface area (Å²) in [7, 11) is 4.86. The third-order valence-electron chi connectivity index (χ3n) is 5.85. The van der Waals surface area contributed by atoms with Gasteiger partial charge in [-0.05, 0) is 36.9 Å². The van der Waals surface area contributed by atoms with E-state index in [0.29, 0.717) is 35.8 Å². The van der Waals surface area contributed by atoms with E-state index in [2.05, 4.69) is 10.6 Å². The van der Waals surface area contributed by atoms with E-state index >= 15 is 0 Å². The van der Waals surface area contributed by atoms with Crippen LogP contribution in [0.15, 0.2) is 36.4 Å². The average Bonchev–Trinajstić information content (AvgIpc) is 2.92. The van der Waals surface area contributed by atoms with Crippen molar-refractivity contribution in [2.24, 2.45) is 0 Å². The van der Waals surface area contributed by atoms with Gasteiger partial charge in [0.05, 0.1) is 38.6 Å². The van der Waals surface area contributed by atoms with Crippen molar-refractivity contribution in [3.63, 3.8) is 0 Å². The molecule has 1 atom stereocenters. The fourth-order valence-corrected chi connectivity index (χ4v) is 4.15. The van der Waals surface area contributed by atoms with E-state index in [1.165, 1.54) is 0 Å². The Kier molecular flexibility index (Phi) is 6.00. The lowest BCUT2D eigenvalue weighted by atomic mass is 10.00. The molecule has 2 aromatic rings. The SMILES string of the molecule is CNCC(=O)N1CCN2C(=O)c3cc(-c4ccc(OC)cc4OC)ccc3NC(=O)[C@H]2C1. The Morgan fingerprint density at radius 2 is 1.91 bits per heavy atom. The van der Waals surface area contributed by atoms with E-state index < -0.39 is 6.04 Å². The van der Waals surface area contributed by atoms with Crippen LogP contribution in [0.3, 0.4) is 0 Å². The van der Waals surface area contributed by atoms with Crippen molar-refractivity contribution in [3.05, 3.63) is 42.0 Å². The molecule has 1 fully saturated rings. The minimum atomic E-state index is -0.733. The van der Waals surface area contributed by atoms with Crippen molar-refractivity contribution in [3.8, 4) is 22.6 Å². The molecule has 168 valence electrons. The largest absolute Gasteiger partial charge is 0.497 e. The van der Waals surface area contributed by atoms with Gasteiger partial charge in [-0.3, -0.25) is 14.4 Å². The Hall–Kier alpha value is -3.59. The summed E-state index contributed by atoms with van der Waals surface area (Å²) in [6, 6.07) is 10.1. The minimum Gasteiger partial charge on any atom is -0.497 e. The highest BCUT2D eigenvalue weighted by atomic mass is 16.5. The first kappa shape index (κ1) is 21.6. The van der Waals surface area contributed by atoms with Gasteiger partial charge in [-0.25, -0.2) is 0 Å². The predicted molar refractivity (Wildman–Crippen MR) is 119 cm³/mol. The lowest BCUT2D eigenvalue weighted by molar-refractivity contribution is -0.134. The molecule has 9 heteroatoms. The summed E-state index contributed by atoms with van der Waals surface area (Å²) in [5, 5.41) is 5.69. The number of hydrogen-bond donors (Lipinski definition) is 2. The zero-order valence-corrected chi connectivity index (χ0v) is 18.3. The number of nitrogens with zero attached hydrogens (tertiary/aromatic N) is 2. The fourth-order valence-electron chi connectivity index (χ4n) is 4.15. The number of piperazine rings is 1. The smallest absolute Gasteiger partial charge is 0.256 e. The van der Waals surface area contributed by atoms with Crippen molar-refractivity contribution >= 4 is 23.4 Å². The Morgan fingerprint density at radius 3 is 2.62 bits per heavy atom. The van der Waals surface area contributed by atoms with Gasteiger partial charge in [0, 0.05) is 24.7 Å². The van der Waals surface area contributed by atoms with Gasteiger partial charge in [0.2, 0.25) is 11.8 Å². The predicted octanol–water partition coefficient (Wildman–Crippen LogP) is 1.20. The Bertz CT molecular complexity index is 1070. The number of carbonyl (C=O) groups is 3. The van der Waals surface area contributed by atoms with Crippen molar-refractivity contribution in [2.75, 3.05) is 52.8 Å². The number of likely N-dealkylation sites (N-methyl/N-ethyl adjacent to an activating group) is 1. The first-order chi connectivity index (χ1) is 15.5. The topological polar surface area (TPSA) is 100 Å². The van der Waals surface area contributed by atoms with Crippen LogP contribution in [0.2, 0.25) is 0 Å². The van der Waals surface area contributed by atoms with Crippen LogP contribution in [0.1, 0.15) is 10.4 Å². The molecule has 0 radical (unpaired) electrons. The number of carbonyl (C=O) groups excluding carboxylic acids is 3. The van der Waals surface area contributed by atoms with Gasteiger partial charge in [0.25, 0.3) is 5.91 Å². The molecule has 4 rings (SSSR count). The van der Waals surface area contributed by atoms with Gasteiger partial charge in [-0.15, -0.1) is 0 Å². The second-order valence-electron chi connectivity index (χ2n) is 7.70. The molecule has 9 nitrogen and oxygen atoms in total. The van der Waals surface area contributed by atoms with E-state index in [9.17, 15) is 14.4 Å². The molecule has 2 aliphatic heterocycles. The highest BCUT2D eigenvalue weighted by molar-refractivity contribution is 6.11. The second-order valence-corrected chi connectivity index (χ2v) is 7.70. The Morgan fingerprint density at radius 1 is 1.09 bits per heavy atom. The molecule has 2 N–H and O–H groups in total. The lowest BCUT2D eigenvalue weighted by Gasteiger charge is -2.39. The number of hydrogen-bond acceptors (Lipinski definition) is 6. The van der Waals surface area contributed by atoms with Crippen LogP contribution in [0, 0.1) is 0 Å². The van der Waals surface area contributed by atoms with Gasteiger partial charge in [-0.2, -0.15) is 0 Å². The van der Waals surface area contributed by atoms with Gasteiger partial charge in [0.1, 0.15) is 17.5 Å². The van der Waals surface area contributed by atoms with E-state index in [-0.39, 0.29) is 30.8 Å². The van der Waals surface area contributed by atoms with E-state index in [4.69, 9.17) is 9.47 Å². The maximum Gasteiger partial charge on any atom is 0.256 e. The number of ether oxygens (including phenoxy) is 2. The molecule has 0 saturated carbocycles. The molecule has 2 heterocycles. The number of fused-ring (bicyclic) bond motifs is 2. The van der Waals surface area contributed by atoms with Gasteiger partial charge >= 0.3 is 0 Å². The van der Waals surface area contributed by atoms with E-state index in [0.717, 1.165) is 11.1 Å². The van der Waals surface area contributed by atoms with Gasteiger partial charge < -0.3 is 29.9 Å². The number of nitrogens with one attached hydrogen (secondary N) is 2. The number of anilines is 1. The number of amides is 3. The zero-order valence-electron chi connectivity index (χ0n) is 18.3. The summed E-state index contributed by atoms with van der Waals surface area (Å²) in [6.45, 7) is 1.04. The molecular formula is C23H26N4O5. The summed E-state index contributed by atoms with van der Waals surface area (Å²) in [5.74, 6) is 0.649. The molecule has 3 amide bonds. The molecule has 32 heavy (non-hydrogen) atoms. The van der Waals surface area contributed by atoms with Crippen LogP contribution < -0.4 is 20.1 Å². The molecule has 0 aromatic heterocycles. The van der Waals surface area contributed by atoms with Crippen LogP contribution >= 0.6 is 0 Å². The normalized spacial score (nSPS) is 17.8. The minimum absolute atomic E-state index is 0.0944. The summed E-state index contributed by atoms with van der Waals surface area (Å²) in [6.07, 6.45) is 0. The van der Waals surface area contributed by atoms with Crippen molar-refractivity contribution in [1.29, 1.82) is 0 Å². The zero-order chi connectivity index (χ0) is 22.8. The highest BCUT2D eigenvalue weighted by Gasteiger charge is 2.40. The third kappa shape index (κ3) is 3.87. The van der Waals surface area contributed by atoms with Crippen LogP contribution in [-0.4, -0.2) is 81.0 Å². The molecular weight excluding hydrogens is 412 g/mol. The molecule has 0 unspecified atom stereocenters. The maximum absolute atomic E-state index is 13.4. The Balaban J connectivity index is 1.67. The lowest BCUT2D eigenvalue weighted by Crippen LogP contribution is -2.60. The van der Waals surface area contributed by atoms with Crippen molar-refractivity contribution in [1.82, 2.24) is 15.1 Å².